The zero-order chi connectivity index (χ0) is 10.9. The van der Waals surface area contributed by atoms with E-state index in [0.717, 1.165) is 29.6 Å². The molecule has 1 nitrogen and oxygen atoms in total. The van der Waals surface area contributed by atoms with Crippen LogP contribution in [-0.2, 0) is 0 Å². The predicted octanol–water partition coefficient (Wildman–Crippen LogP) is 4.21. The van der Waals surface area contributed by atoms with Crippen LogP contribution in [0.25, 0.3) is 0 Å². The minimum atomic E-state index is 0.725. The molecule has 0 aliphatic rings. The van der Waals surface area contributed by atoms with Gasteiger partial charge < -0.3 is 4.74 Å². The normalized spacial score (nSPS) is 10.3. The quantitative estimate of drug-likeness (QED) is 0.559. The Labute approximate surface area is 102 Å². The molecule has 1 aromatic rings. The fraction of sp³-hybridized carbons (Fsp3) is 0.500. The number of hydrogen-bond acceptors (Lipinski definition) is 2. The first-order valence-electron chi connectivity index (χ1n) is 5.32. The van der Waals surface area contributed by atoms with E-state index in [9.17, 15) is 0 Å². The second-order valence-corrected chi connectivity index (χ2v) is 4.33. The summed E-state index contributed by atoms with van der Waals surface area (Å²) >= 11 is 10.0. The third kappa shape index (κ3) is 5.95. The molecule has 0 aromatic heterocycles. The number of halogens is 1. The van der Waals surface area contributed by atoms with Crippen LogP contribution in [0, 0.1) is 0 Å². The van der Waals surface area contributed by atoms with Crippen LogP contribution in [-0.4, -0.2) is 12.4 Å². The lowest BCUT2D eigenvalue weighted by Gasteiger charge is -2.05. The summed E-state index contributed by atoms with van der Waals surface area (Å²) in [5.74, 6) is 1.84. The van der Waals surface area contributed by atoms with E-state index in [2.05, 4.69) is 12.6 Å². The molecule has 0 fully saturated rings. The predicted molar refractivity (Wildman–Crippen MR) is 69.3 cm³/mol. The van der Waals surface area contributed by atoms with E-state index in [0.29, 0.717) is 0 Å². The number of thiol groups is 1. The Bertz CT molecular complexity index is 278. The van der Waals surface area contributed by atoms with Crippen molar-refractivity contribution in [2.24, 2.45) is 0 Å². The van der Waals surface area contributed by atoms with Gasteiger partial charge >= 0.3 is 0 Å². The lowest BCUT2D eigenvalue weighted by molar-refractivity contribution is 0.305. The van der Waals surface area contributed by atoms with Crippen molar-refractivity contribution in [2.75, 3.05) is 12.4 Å². The average molecular weight is 245 g/mol. The first kappa shape index (κ1) is 12.7. The van der Waals surface area contributed by atoms with Crippen LogP contribution >= 0.6 is 24.2 Å². The summed E-state index contributed by atoms with van der Waals surface area (Å²) in [6.07, 6.45) is 4.74. The zero-order valence-corrected chi connectivity index (χ0v) is 10.4. The molecular weight excluding hydrogens is 228 g/mol. The molecule has 15 heavy (non-hydrogen) atoms. The fourth-order valence-electron chi connectivity index (χ4n) is 1.31. The van der Waals surface area contributed by atoms with Gasteiger partial charge in [-0.15, -0.1) is 0 Å². The van der Waals surface area contributed by atoms with Gasteiger partial charge in [-0.25, -0.2) is 0 Å². The number of hydrogen-bond donors (Lipinski definition) is 1. The van der Waals surface area contributed by atoms with Crippen molar-refractivity contribution in [3.8, 4) is 5.75 Å². The Morgan fingerprint density at radius 1 is 1.13 bits per heavy atom. The highest BCUT2D eigenvalue weighted by Gasteiger charge is 1.94. The molecule has 0 unspecified atom stereocenters. The van der Waals surface area contributed by atoms with Crippen molar-refractivity contribution in [3.05, 3.63) is 29.3 Å². The van der Waals surface area contributed by atoms with Crippen LogP contribution in [0.15, 0.2) is 24.3 Å². The van der Waals surface area contributed by atoms with Crippen molar-refractivity contribution in [1.82, 2.24) is 0 Å². The summed E-state index contributed by atoms with van der Waals surface area (Å²) in [5, 5.41) is 0.725. The Morgan fingerprint density at radius 2 is 1.93 bits per heavy atom. The van der Waals surface area contributed by atoms with Gasteiger partial charge in [-0.2, -0.15) is 12.6 Å². The summed E-state index contributed by atoms with van der Waals surface area (Å²) in [6.45, 7) is 0.771. The SMILES string of the molecule is SCCCCCCOc1cccc(Cl)c1. The summed E-state index contributed by atoms with van der Waals surface area (Å²) in [6, 6.07) is 7.52. The molecule has 0 heterocycles. The Hall–Kier alpha value is -0.340. The Kier molecular flexibility index (Phi) is 6.69. The summed E-state index contributed by atoms with van der Waals surface area (Å²) in [7, 11) is 0. The van der Waals surface area contributed by atoms with E-state index < -0.39 is 0 Å². The van der Waals surface area contributed by atoms with E-state index in [1.807, 2.05) is 24.3 Å². The molecule has 0 bridgehead atoms. The maximum atomic E-state index is 5.84. The van der Waals surface area contributed by atoms with Crippen molar-refractivity contribution in [3.63, 3.8) is 0 Å². The van der Waals surface area contributed by atoms with Gasteiger partial charge in [0.25, 0.3) is 0 Å². The Balaban J connectivity index is 2.10. The zero-order valence-electron chi connectivity index (χ0n) is 8.79. The Morgan fingerprint density at radius 3 is 2.67 bits per heavy atom. The number of rotatable bonds is 7. The van der Waals surface area contributed by atoms with Gasteiger partial charge in [0.15, 0.2) is 0 Å². The summed E-state index contributed by atoms with van der Waals surface area (Å²) in [5.41, 5.74) is 0. The van der Waals surface area contributed by atoms with Crippen LogP contribution in [0.5, 0.6) is 5.75 Å². The molecule has 1 rings (SSSR count). The molecule has 0 amide bonds. The highest BCUT2D eigenvalue weighted by molar-refractivity contribution is 7.80. The van der Waals surface area contributed by atoms with E-state index >= 15 is 0 Å². The molecule has 0 saturated heterocycles. The smallest absolute Gasteiger partial charge is 0.120 e. The van der Waals surface area contributed by atoms with Crippen molar-refractivity contribution < 1.29 is 4.74 Å². The summed E-state index contributed by atoms with van der Waals surface area (Å²) in [4.78, 5) is 0. The second-order valence-electron chi connectivity index (χ2n) is 3.44. The van der Waals surface area contributed by atoms with Gasteiger partial charge in [0.05, 0.1) is 6.61 Å². The highest BCUT2D eigenvalue weighted by atomic mass is 35.5. The third-order valence-electron chi connectivity index (χ3n) is 2.12. The molecular formula is C12H17ClOS. The number of unbranched alkanes of at least 4 members (excludes halogenated alkanes) is 3. The fourth-order valence-corrected chi connectivity index (χ4v) is 1.72. The van der Waals surface area contributed by atoms with Gasteiger partial charge in [0.2, 0.25) is 0 Å². The van der Waals surface area contributed by atoms with E-state index in [1.165, 1.54) is 19.3 Å². The monoisotopic (exact) mass is 244 g/mol. The first-order chi connectivity index (χ1) is 7.33. The second kappa shape index (κ2) is 7.89. The first-order valence-corrected chi connectivity index (χ1v) is 6.33. The molecule has 1 aromatic carbocycles. The number of ether oxygens (including phenoxy) is 1. The highest BCUT2D eigenvalue weighted by Crippen LogP contribution is 2.17. The van der Waals surface area contributed by atoms with Crippen LogP contribution in [0.3, 0.4) is 0 Å². The molecule has 0 N–H and O–H groups in total. The maximum absolute atomic E-state index is 5.84. The molecule has 0 atom stereocenters. The maximum Gasteiger partial charge on any atom is 0.120 e. The van der Waals surface area contributed by atoms with Gasteiger partial charge in [0, 0.05) is 5.02 Å². The van der Waals surface area contributed by atoms with Crippen LogP contribution < -0.4 is 4.74 Å². The topological polar surface area (TPSA) is 9.23 Å². The van der Waals surface area contributed by atoms with Gasteiger partial charge in [0.1, 0.15) is 5.75 Å². The van der Waals surface area contributed by atoms with E-state index in [4.69, 9.17) is 16.3 Å². The lowest BCUT2D eigenvalue weighted by Crippen LogP contribution is -1.97. The van der Waals surface area contributed by atoms with Crippen molar-refractivity contribution in [2.45, 2.75) is 25.7 Å². The standard InChI is InChI=1S/C12H17ClOS/c13-11-6-5-7-12(10-11)14-8-3-1-2-4-9-15/h5-7,10,15H,1-4,8-9H2. The molecule has 0 radical (unpaired) electrons. The van der Waals surface area contributed by atoms with Crippen LogP contribution in [0.1, 0.15) is 25.7 Å². The molecule has 84 valence electrons. The molecule has 0 saturated carbocycles. The average Bonchev–Trinajstić information content (AvgIpc) is 2.23. The minimum absolute atomic E-state index is 0.725. The third-order valence-corrected chi connectivity index (χ3v) is 2.67. The molecule has 0 aliphatic heterocycles. The minimum Gasteiger partial charge on any atom is -0.494 e. The molecule has 3 heteroatoms. The van der Waals surface area contributed by atoms with Gasteiger partial charge in [-0.3, -0.25) is 0 Å². The molecule has 0 spiro atoms. The molecule has 0 aliphatic carbocycles. The van der Waals surface area contributed by atoms with E-state index in [-0.39, 0.29) is 0 Å². The largest absolute Gasteiger partial charge is 0.494 e. The number of benzene rings is 1. The summed E-state index contributed by atoms with van der Waals surface area (Å²) < 4.78 is 5.56. The van der Waals surface area contributed by atoms with Crippen molar-refractivity contribution >= 4 is 24.2 Å². The lowest BCUT2D eigenvalue weighted by atomic mass is 10.2. The van der Waals surface area contributed by atoms with Gasteiger partial charge in [-0.1, -0.05) is 30.5 Å². The van der Waals surface area contributed by atoms with Crippen LogP contribution in [0.2, 0.25) is 5.02 Å². The van der Waals surface area contributed by atoms with Crippen LogP contribution in [0.4, 0.5) is 0 Å². The van der Waals surface area contributed by atoms with Gasteiger partial charge in [-0.05, 0) is 36.8 Å². The van der Waals surface area contributed by atoms with E-state index in [1.54, 1.807) is 0 Å². The van der Waals surface area contributed by atoms with Crippen molar-refractivity contribution in [1.29, 1.82) is 0 Å².